The van der Waals surface area contributed by atoms with Crippen molar-refractivity contribution in [3.63, 3.8) is 0 Å². The average Bonchev–Trinajstić information content (AvgIpc) is 2.68. The van der Waals surface area contributed by atoms with Gasteiger partial charge >= 0.3 is 0 Å². The zero-order valence-electron chi connectivity index (χ0n) is 8.09. The van der Waals surface area contributed by atoms with E-state index in [0.29, 0.717) is 6.61 Å². The lowest BCUT2D eigenvalue weighted by Gasteiger charge is -2.22. The van der Waals surface area contributed by atoms with Gasteiger partial charge in [0.05, 0.1) is 12.8 Å². The molecule has 0 N–H and O–H groups in total. The van der Waals surface area contributed by atoms with Crippen LogP contribution in [0.1, 0.15) is 18.7 Å². The van der Waals surface area contributed by atoms with Gasteiger partial charge in [-0.15, -0.1) is 0 Å². The lowest BCUT2D eigenvalue weighted by Crippen LogP contribution is -2.20. The molecule has 0 spiro atoms. The maximum atomic E-state index is 5.42. The Hall–Kier alpha value is -1.48. The Bertz CT molecular complexity index is 310. The normalized spacial score (nSPS) is 19.8. The Morgan fingerprint density at radius 2 is 2.14 bits per heavy atom. The number of nitrogens with zero attached hydrogens (tertiary/aromatic N) is 1. The van der Waals surface area contributed by atoms with E-state index in [-0.39, 0.29) is 6.23 Å². The number of hydroxylamine groups is 2. The number of ether oxygens (including phenoxy) is 1. The molecular formula is C11H13NO2. The van der Waals surface area contributed by atoms with Gasteiger partial charge in [0.25, 0.3) is 0 Å². The van der Waals surface area contributed by atoms with Gasteiger partial charge in [-0.2, -0.15) is 0 Å². The van der Waals surface area contributed by atoms with Crippen molar-refractivity contribution in [3.05, 3.63) is 48.4 Å². The molecule has 1 heterocycles. The first-order chi connectivity index (χ1) is 6.92. The molecule has 0 fully saturated rings. The van der Waals surface area contributed by atoms with E-state index in [2.05, 4.69) is 0 Å². The largest absolute Gasteiger partial charge is 0.470 e. The highest BCUT2D eigenvalue weighted by Gasteiger charge is 2.22. The first kappa shape index (κ1) is 9.09. The molecule has 1 aromatic rings. The molecule has 0 aliphatic carbocycles. The third kappa shape index (κ3) is 1.72. The molecular weight excluding hydrogens is 178 g/mol. The molecule has 2 rings (SSSR count). The van der Waals surface area contributed by atoms with Crippen LogP contribution in [-0.2, 0) is 9.57 Å². The summed E-state index contributed by atoms with van der Waals surface area (Å²) in [5, 5.41) is 1.72. The van der Waals surface area contributed by atoms with Crippen LogP contribution in [0.2, 0.25) is 0 Å². The van der Waals surface area contributed by atoms with Crippen LogP contribution in [0.4, 0.5) is 0 Å². The van der Waals surface area contributed by atoms with E-state index in [1.54, 1.807) is 17.5 Å². The van der Waals surface area contributed by atoms with Crippen LogP contribution >= 0.6 is 0 Å². The quantitative estimate of drug-likeness (QED) is 0.732. The number of benzene rings is 1. The lowest BCUT2D eigenvalue weighted by molar-refractivity contribution is -0.187. The second kappa shape index (κ2) is 4.15. The van der Waals surface area contributed by atoms with Gasteiger partial charge in [-0.05, 0) is 6.92 Å². The summed E-state index contributed by atoms with van der Waals surface area (Å²) in [4.78, 5) is 5.39. The monoisotopic (exact) mass is 191 g/mol. The molecule has 0 saturated heterocycles. The van der Waals surface area contributed by atoms with Crippen molar-refractivity contribution in [2.75, 3.05) is 6.61 Å². The molecule has 1 atom stereocenters. The van der Waals surface area contributed by atoms with Gasteiger partial charge < -0.3 is 4.74 Å². The molecule has 0 amide bonds. The minimum absolute atomic E-state index is 0.142. The first-order valence-electron chi connectivity index (χ1n) is 4.70. The molecule has 1 unspecified atom stereocenters. The molecule has 1 aromatic carbocycles. The Labute approximate surface area is 83.5 Å². The summed E-state index contributed by atoms with van der Waals surface area (Å²) >= 11 is 0. The zero-order chi connectivity index (χ0) is 9.80. The van der Waals surface area contributed by atoms with Crippen LogP contribution in [-0.4, -0.2) is 11.7 Å². The Morgan fingerprint density at radius 3 is 2.86 bits per heavy atom. The fourth-order valence-corrected chi connectivity index (χ4v) is 1.41. The molecule has 3 nitrogen and oxygen atoms in total. The van der Waals surface area contributed by atoms with Crippen molar-refractivity contribution in [3.8, 4) is 0 Å². The van der Waals surface area contributed by atoms with E-state index in [4.69, 9.17) is 9.57 Å². The predicted octanol–water partition coefficient (Wildman–Crippen LogP) is 2.44. The van der Waals surface area contributed by atoms with E-state index in [0.717, 1.165) is 5.56 Å². The first-order valence-corrected chi connectivity index (χ1v) is 4.70. The lowest BCUT2D eigenvalue weighted by atomic mass is 10.2. The topological polar surface area (TPSA) is 21.7 Å². The Morgan fingerprint density at radius 1 is 1.36 bits per heavy atom. The van der Waals surface area contributed by atoms with E-state index >= 15 is 0 Å². The second-order valence-corrected chi connectivity index (χ2v) is 2.96. The van der Waals surface area contributed by atoms with Crippen molar-refractivity contribution >= 4 is 0 Å². The van der Waals surface area contributed by atoms with Gasteiger partial charge in [-0.25, -0.2) is 5.06 Å². The third-order valence-electron chi connectivity index (χ3n) is 2.01. The van der Waals surface area contributed by atoms with Crippen molar-refractivity contribution in [2.45, 2.75) is 13.2 Å². The molecule has 0 saturated carbocycles. The molecule has 0 bridgehead atoms. The summed E-state index contributed by atoms with van der Waals surface area (Å²) in [5.41, 5.74) is 1.09. The summed E-state index contributed by atoms with van der Waals surface area (Å²) in [6, 6.07) is 9.99. The van der Waals surface area contributed by atoms with Gasteiger partial charge in [0, 0.05) is 5.56 Å². The van der Waals surface area contributed by atoms with Crippen LogP contribution in [0, 0.1) is 0 Å². The minimum Gasteiger partial charge on any atom is -0.470 e. The SMILES string of the molecule is CCON1C=COC1c1ccccc1. The fraction of sp³-hybridized carbons (Fsp3) is 0.273. The van der Waals surface area contributed by atoms with Gasteiger partial charge in [0.2, 0.25) is 6.23 Å². The van der Waals surface area contributed by atoms with Gasteiger partial charge in [0.15, 0.2) is 0 Å². The molecule has 0 aromatic heterocycles. The van der Waals surface area contributed by atoms with Crippen LogP contribution in [0.15, 0.2) is 42.8 Å². The Balaban J connectivity index is 2.12. The predicted molar refractivity (Wildman–Crippen MR) is 52.9 cm³/mol. The number of rotatable bonds is 3. The smallest absolute Gasteiger partial charge is 0.220 e. The number of hydrogen-bond donors (Lipinski definition) is 0. The van der Waals surface area contributed by atoms with Crippen LogP contribution in [0.5, 0.6) is 0 Å². The highest BCUT2D eigenvalue weighted by molar-refractivity contribution is 5.18. The van der Waals surface area contributed by atoms with Crippen LogP contribution in [0.3, 0.4) is 0 Å². The highest BCUT2D eigenvalue weighted by Crippen LogP contribution is 2.27. The van der Waals surface area contributed by atoms with E-state index in [1.165, 1.54) is 0 Å². The van der Waals surface area contributed by atoms with Gasteiger partial charge in [0.1, 0.15) is 6.26 Å². The van der Waals surface area contributed by atoms with Crippen molar-refractivity contribution < 1.29 is 9.57 Å². The average molecular weight is 191 g/mol. The molecule has 74 valence electrons. The standard InChI is InChI=1S/C11H13NO2/c1-2-14-12-8-9-13-11(12)10-6-4-3-5-7-10/h3-9,11H,2H2,1H3. The van der Waals surface area contributed by atoms with Crippen molar-refractivity contribution in [1.82, 2.24) is 5.06 Å². The molecule has 0 radical (unpaired) electrons. The van der Waals surface area contributed by atoms with Gasteiger partial charge in [-0.3, -0.25) is 4.84 Å². The van der Waals surface area contributed by atoms with E-state index in [9.17, 15) is 0 Å². The second-order valence-electron chi connectivity index (χ2n) is 2.96. The highest BCUT2D eigenvalue weighted by atomic mass is 16.7. The minimum atomic E-state index is -0.142. The van der Waals surface area contributed by atoms with Crippen molar-refractivity contribution in [1.29, 1.82) is 0 Å². The molecule has 1 aliphatic rings. The van der Waals surface area contributed by atoms with Crippen molar-refractivity contribution in [2.24, 2.45) is 0 Å². The molecule has 3 heteroatoms. The maximum absolute atomic E-state index is 5.42. The summed E-state index contributed by atoms with van der Waals surface area (Å²) in [5.74, 6) is 0. The third-order valence-corrected chi connectivity index (χ3v) is 2.01. The summed E-state index contributed by atoms with van der Waals surface area (Å²) in [7, 11) is 0. The van der Waals surface area contributed by atoms with E-state index in [1.807, 2.05) is 37.3 Å². The summed E-state index contributed by atoms with van der Waals surface area (Å²) < 4.78 is 5.42. The molecule has 1 aliphatic heterocycles. The Kier molecular flexibility index (Phi) is 2.70. The maximum Gasteiger partial charge on any atom is 0.220 e. The molecule has 14 heavy (non-hydrogen) atoms. The zero-order valence-corrected chi connectivity index (χ0v) is 8.09. The summed E-state index contributed by atoms with van der Waals surface area (Å²) in [6.07, 6.45) is 3.30. The van der Waals surface area contributed by atoms with Gasteiger partial charge in [-0.1, -0.05) is 30.3 Å². The fourth-order valence-electron chi connectivity index (χ4n) is 1.41. The van der Waals surface area contributed by atoms with Crippen LogP contribution < -0.4 is 0 Å². The number of hydrogen-bond acceptors (Lipinski definition) is 3. The van der Waals surface area contributed by atoms with E-state index < -0.39 is 0 Å². The van der Waals surface area contributed by atoms with Crippen LogP contribution in [0.25, 0.3) is 0 Å². The summed E-state index contributed by atoms with van der Waals surface area (Å²) in [6.45, 7) is 2.59.